The number of benzene rings is 1. The monoisotopic (exact) mass is 469 g/mol. The van der Waals surface area contributed by atoms with Crippen LogP contribution in [0.3, 0.4) is 0 Å². The van der Waals surface area contributed by atoms with Gasteiger partial charge in [0.2, 0.25) is 0 Å². The zero-order chi connectivity index (χ0) is 21.6. The molecule has 0 saturated carbocycles. The van der Waals surface area contributed by atoms with Gasteiger partial charge in [0, 0.05) is 34.6 Å². The van der Waals surface area contributed by atoms with Gasteiger partial charge in [0.25, 0.3) is 15.9 Å². The number of halogens is 1. The SMILES string of the molecule is CCCCCNC1CCN(S(=O)(=O)c2ccc(CNC(=O)c3cccc(Cl)c3)s2)C1. The number of nitrogens with one attached hydrogen (secondary N) is 2. The molecular weight excluding hydrogens is 442 g/mol. The van der Waals surface area contributed by atoms with Crippen LogP contribution in [0, 0.1) is 0 Å². The van der Waals surface area contributed by atoms with Crippen LogP contribution in [0.4, 0.5) is 0 Å². The summed E-state index contributed by atoms with van der Waals surface area (Å²) in [6.07, 6.45) is 4.31. The maximum Gasteiger partial charge on any atom is 0.252 e. The van der Waals surface area contributed by atoms with Crippen molar-refractivity contribution in [1.29, 1.82) is 0 Å². The van der Waals surface area contributed by atoms with Crippen LogP contribution in [0.25, 0.3) is 0 Å². The molecule has 3 rings (SSSR count). The fourth-order valence-corrected chi connectivity index (χ4v) is 6.55. The number of hydrogen-bond donors (Lipinski definition) is 2. The van der Waals surface area contributed by atoms with Crippen molar-refractivity contribution in [2.75, 3.05) is 19.6 Å². The Kier molecular flexibility index (Phi) is 8.30. The van der Waals surface area contributed by atoms with Crippen LogP contribution in [-0.4, -0.2) is 44.3 Å². The average molecular weight is 470 g/mol. The molecule has 1 aromatic heterocycles. The molecule has 1 saturated heterocycles. The Balaban J connectivity index is 1.54. The summed E-state index contributed by atoms with van der Waals surface area (Å²) in [5.41, 5.74) is 0.474. The number of carbonyl (C=O) groups excluding carboxylic acids is 1. The van der Waals surface area contributed by atoms with E-state index in [0.717, 1.165) is 24.3 Å². The van der Waals surface area contributed by atoms with Crippen molar-refractivity contribution in [3.8, 4) is 0 Å². The van der Waals surface area contributed by atoms with Gasteiger partial charge in [0.05, 0.1) is 6.54 Å². The summed E-state index contributed by atoms with van der Waals surface area (Å²) in [7, 11) is -3.50. The highest BCUT2D eigenvalue weighted by molar-refractivity contribution is 7.91. The van der Waals surface area contributed by atoms with Crippen molar-refractivity contribution >= 4 is 38.9 Å². The van der Waals surface area contributed by atoms with Gasteiger partial charge in [0.15, 0.2) is 0 Å². The van der Waals surface area contributed by atoms with Crippen molar-refractivity contribution in [3.63, 3.8) is 0 Å². The summed E-state index contributed by atoms with van der Waals surface area (Å²) in [6, 6.07) is 10.3. The van der Waals surface area contributed by atoms with E-state index >= 15 is 0 Å². The number of amides is 1. The molecule has 9 heteroatoms. The first-order valence-electron chi connectivity index (χ1n) is 10.3. The molecule has 30 heavy (non-hydrogen) atoms. The standard InChI is InChI=1S/C21H28ClN3O3S2/c1-2-3-4-11-23-18-10-12-25(15-18)30(27,28)20-9-8-19(29-20)14-24-21(26)16-6-5-7-17(22)13-16/h5-9,13,18,23H,2-4,10-12,14-15H2,1H3,(H,24,26). The van der Waals surface area contributed by atoms with Crippen molar-refractivity contribution in [3.05, 3.63) is 51.9 Å². The van der Waals surface area contributed by atoms with E-state index in [1.807, 2.05) is 0 Å². The van der Waals surface area contributed by atoms with Crippen molar-refractivity contribution in [2.45, 2.75) is 49.4 Å². The highest BCUT2D eigenvalue weighted by atomic mass is 35.5. The van der Waals surface area contributed by atoms with E-state index in [9.17, 15) is 13.2 Å². The van der Waals surface area contributed by atoms with E-state index in [4.69, 9.17) is 11.6 Å². The lowest BCUT2D eigenvalue weighted by Crippen LogP contribution is -2.35. The molecule has 164 valence electrons. The number of thiophene rings is 1. The second-order valence-electron chi connectivity index (χ2n) is 7.42. The van der Waals surface area contributed by atoms with E-state index in [1.165, 1.54) is 24.2 Å². The Morgan fingerprint density at radius 3 is 2.87 bits per heavy atom. The van der Waals surface area contributed by atoms with Gasteiger partial charge in [-0.1, -0.05) is 37.4 Å². The highest BCUT2D eigenvalue weighted by Gasteiger charge is 2.33. The molecule has 1 aliphatic heterocycles. The summed E-state index contributed by atoms with van der Waals surface area (Å²) in [4.78, 5) is 13.0. The summed E-state index contributed by atoms with van der Waals surface area (Å²) in [5.74, 6) is -0.244. The predicted molar refractivity (Wildman–Crippen MR) is 122 cm³/mol. The zero-order valence-corrected chi connectivity index (χ0v) is 19.5. The van der Waals surface area contributed by atoms with E-state index in [2.05, 4.69) is 17.6 Å². The lowest BCUT2D eigenvalue weighted by Gasteiger charge is -2.16. The van der Waals surface area contributed by atoms with E-state index in [1.54, 1.807) is 40.7 Å². The van der Waals surface area contributed by atoms with E-state index in [-0.39, 0.29) is 18.5 Å². The number of unbranched alkanes of at least 4 members (excludes halogenated alkanes) is 2. The minimum Gasteiger partial charge on any atom is -0.347 e. The Morgan fingerprint density at radius 1 is 1.27 bits per heavy atom. The Hall–Kier alpha value is -1.45. The van der Waals surface area contributed by atoms with Crippen LogP contribution in [0.5, 0.6) is 0 Å². The molecule has 0 aliphatic carbocycles. The molecule has 0 spiro atoms. The Labute approximate surface area is 187 Å². The molecule has 0 bridgehead atoms. The van der Waals surface area contributed by atoms with Crippen LogP contribution < -0.4 is 10.6 Å². The molecule has 2 heterocycles. The molecule has 1 amide bonds. The number of nitrogens with zero attached hydrogens (tertiary/aromatic N) is 1. The number of sulfonamides is 1. The lowest BCUT2D eigenvalue weighted by atomic mass is 10.2. The fraction of sp³-hybridized carbons (Fsp3) is 0.476. The van der Waals surface area contributed by atoms with Gasteiger partial charge in [-0.3, -0.25) is 4.79 Å². The molecule has 1 aliphatic rings. The van der Waals surface area contributed by atoms with E-state index < -0.39 is 10.0 Å². The molecule has 1 atom stereocenters. The molecule has 0 radical (unpaired) electrons. The van der Waals surface area contributed by atoms with Crippen molar-refractivity contribution in [2.24, 2.45) is 0 Å². The minimum absolute atomic E-state index is 0.216. The summed E-state index contributed by atoms with van der Waals surface area (Å²) >= 11 is 7.12. The summed E-state index contributed by atoms with van der Waals surface area (Å²) in [5, 5.41) is 6.78. The molecule has 2 aromatic rings. The normalized spacial score (nSPS) is 17.3. The maximum atomic E-state index is 13.0. The summed E-state index contributed by atoms with van der Waals surface area (Å²) in [6.45, 7) is 4.41. The third-order valence-electron chi connectivity index (χ3n) is 5.11. The minimum atomic E-state index is -3.50. The van der Waals surface area contributed by atoms with Gasteiger partial charge in [0.1, 0.15) is 4.21 Å². The smallest absolute Gasteiger partial charge is 0.252 e. The molecule has 1 aromatic carbocycles. The number of rotatable bonds is 10. The maximum absolute atomic E-state index is 13.0. The van der Waals surface area contributed by atoms with Crippen LogP contribution in [0.1, 0.15) is 47.8 Å². The largest absolute Gasteiger partial charge is 0.347 e. The van der Waals surface area contributed by atoms with Crippen LogP contribution in [-0.2, 0) is 16.6 Å². The topological polar surface area (TPSA) is 78.5 Å². The predicted octanol–water partition coefficient (Wildman–Crippen LogP) is 3.87. The average Bonchev–Trinajstić information content (AvgIpc) is 3.40. The van der Waals surface area contributed by atoms with Gasteiger partial charge in [-0.25, -0.2) is 8.42 Å². The molecular formula is C21H28ClN3O3S2. The van der Waals surface area contributed by atoms with E-state index in [0.29, 0.717) is 27.9 Å². The van der Waals surface area contributed by atoms with Gasteiger partial charge in [-0.05, 0) is 49.7 Å². The second-order valence-corrected chi connectivity index (χ2v) is 11.2. The molecule has 2 N–H and O–H groups in total. The van der Waals surface area contributed by atoms with Crippen molar-refractivity contribution in [1.82, 2.24) is 14.9 Å². The van der Waals surface area contributed by atoms with Crippen molar-refractivity contribution < 1.29 is 13.2 Å². The Morgan fingerprint density at radius 2 is 2.10 bits per heavy atom. The van der Waals surface area contributed by atoms with Gasteiger partial charge in [-0.2, -0.15) is 4.31 Å². The fourth-order valence-electron chi connectivity index (χ4n) is 3.41. The summed E-state index contributed by atoms with van der Waals surface area (Å²) < 4.78 is 27.8. The van der Waals surface area contributed by atoms with Crippen LogP contribution in [0.2, 0.25) is 5.02 Å². The van der Waals surface area contributed by atoms with Gasteiger partial charge >= 0.3 is 0 Å². The third-order valence-corrected chi connectivity index (χ3v) is 8.76. The lowest BCUT2D eigenvalue weighted by molar-refractivity contribution is 0.0951. The van der Waals surface area contributed by atoms with Gasteiger partial charge < -0.3 is 10.6 Å². The van der Waals surface area contributed by atoms with Crippen LogP contribution in [0.15, 0.2) is 40.6 Å². The highest BCUT2D eigenvalue weighted by Crippen LogP contribution is 2.27. The quantitative estimate of drug-likeness (QED) is 0.517. The molecule has 1 unspecified atom stereocenters. The third kappa shape index (κ3) is 6.04. The first-order valence-corrected chi connectivity index (χ1v) is 12.9. The first-order chi connectivity index (χ1) is 14.4. The van der Waals surface area contributed by atoms with Crippen LogP contribution >= 0.6 is 22.9 Å². The van der Waals surface area contributed by atoms with Gasteiger partial charge in [-0.15, -0.1) is 11.3 Å². The number of hydrogen-bond acceptors (Lipinski definition) is 5. The molecule has 1 fully saturated rings. The zero-order valence-electron chi connectivity index (χ0n) is 17.1. The molecule has 6 nitrogen and oxygen atoms in total. The number of carbonyl (C=O) groups is 1. The Bertz CT molecular complexity index is 962. The second kappa shape index (κ2) is 10.7. The first kappa shape index (κ1) is 23.2.